The van der Waals surface area contributed by atoms with E-state index in [1.54, 1.807) is 0 Å². The molecule has 2 aliphatic heterocycles. The van der Waals surface area contributed by atoms with E-state index in [0.717, 1.165) is 74.8 Å². The third-order valence-electron chi connectivity index (χ3n) is 6.11. The molecule has 2 aromatic heterocycles. The predicted molar refractivity (Wildman–Crippen MR) is 105 cm³/mol. The van der Waals surface area contributed by atoms with Crippen molar-refractivity contribution in [2.45, 2.75) is 38.5 Å². The zero-order chi connectivity index (χ0) is 18.9. The van der Waals surface area contributed by atoms with Crippen molar-refractivity contribution in [1.82, 2.24) is 20.3 Å². The summed E-state index contributed by atoms with van der Waals surface area (Å²) in [5.74, 6) is 2.75. The average Bonchev–Trinajstić information content (AvgIpc) is 3.44. The Hall–Kier alpha value is -2.64. The topological polar surface area (TPSA) is 78.6 Å². The molecule has 148 valence electrons. The average molecular weight is 382 g/mol. The van der Waals surface area contributed by atoms with Crippen LogP contribution in [0.5, 0.6) is 0 Å². The van der Waals surface area contributed by atoms with Crippen LogP contribution < -0.4 is 9.80 Å². The Bertz CT molecular complexity index is 835. The number of aromatic nitrogens is 3. The number of hydrogen-bond acceptors (Lipinski definition) is 7. The maximum Gasteiger partial charge on any atom is 0.276 e. The molecule has 1 aliphatic carbocycles. The Morgan fingerprint density at radius 2 is 1.46 bits per heavy atom. The van der Waals surface area contributed by atoms with Gasteiger partial charge in [-0.05, 0) is 44.2 Å². The number of carbonyl (C=O) groups excluding carboxylic acids is 1. The monoisotopic (exact) mass is 382 g/mol. The van der Waals surface area contributed by atoms with Gasteiger partial charge in [0.2, 0.25) is 0 Å². The standard InChI is InChI=1S/C20H26N6O2/c27-20(19-15-5-1-2-6-16(15)28-23-19)26-13-11-25(12-14-26)18-8-7-17(21-22-18)24-9-3-4-10-24/h7-8H,1-6,9-14H2. The Labute approximate surface area is 164 Å². The molecule has 0 unspecified atom stereocenters. The lowest BCUT2D eigenvalue weighted by Gasteiger charge is -2.35. The molecule has 2 fully saturated rings. The third kappa shape index (κ3) is 3.21. The number of nitrogens with zero attached hydrogens (tertiary/aromatic N) is 6. The molecule has 8 nitrogen and oxygen atoms in total. The highest BCUT2D eigenvalue weighted by Gasteiger charge is 2.29. The molecular weight excluding hydrogens is 356 g/mol. The molecule has 2 aromatic rings. The summed E-state index contributed by atoms with van der Waals surface area (Å²) in [6, 6.07) is 4.11. The van der Waals surface area contributed by atoms with E-state index < -0.39 is 0 Å². The molecule has 0 saturated carbocycles. The maximum atomic E-state index is 12.9. The van der Waals surface area contributed by atoms with Crippen LogP contribution in [0.2, 0.25) is 0 Å². The minimum Gasteiger partial charge on any atom is -0.360 e. The molecule has 4 heterocycles. The first-order valence-electron chi connectivity index (χ1n) is 10.4. The predicted octanol–water partition coefficient (Wildman–Crippen LogP) is 1.91. The number of carbonyl (C=O) groups is 1. The van der Waals surface area contributed by atoms with Gasteiger partial charge in [0.15, 0.2) is 17.3 Å². The van der Waals surface area contributed by atoms with Crippen molar-refractivity contribution in [2.24, 2.45) is 0 Å². The number of piperazine rings is 1. The summed E-state index contributed by atoms with van der Waals surface area (Å²) < 4.78 is 5.41. The minimum atomic E-state index is 0.00187. The molecule has 8 heteroatoms. The van der Waals surface area contributed by atoms with Crippen molar-refractivity contribution < 1.29 is 9.32 Å². The van der Waals surface area contributed by atoms with E-state index in [1.807, 2.05) is 11.0 Å². The molecule has 0 atom stereocenters. The lowest BCUT2D eigenvalue weighted by atomic mass is 9.96. The number of aryl methyl sites for hydroxylation is 1. The fourth-order valence-corrected chi connectivity index (χ4v) is 4.44. The van der Waals surface area contributed by atoms with Gasteiger partial charge in [-0.25, -0.2) is 0 Å². The van der Waals surface area contributed by atoms with Gasteiger partial charge in [0, 0.05) is 51.3 Å². The highest BCUT2D eigenvalue weighted by Crippen LogP contribution is 2.26. The maximum absolute atomic E-state index is 12.9. The van der Waals surface area contributed by atoms with Crippen LogP contribution in [0, 0.1) is 0 Å². The van der Waals surface area contributed by atoms with E-state index in [1.165, 1.54) is 12.8 Å². The van der Waals surface area contributed by atoms with Gasteiger partial charge in [-0.2, -0.15) is 0 Å². The molecule has 2 saturated heterocycles. The number of anilines is 2. The van der Waals surface area contributed by atoms with Crippen molar-refractivity contribution >= 4 is 17.5 Å². The normalized spacial score (nSPS) is 19.8. The summed E-state index contributed by atoms with van der Waals surface area (Å²) >= 11 is 0. The van der Waals surface area contributed by atoms with Gasteiger partial charge in [-0.15, -0.1) is 10.2 Å². The van der Waals surface area contributed by atoms with E-state index >= 15 is 0 Å². The molecule has 0 aromatic carbocycles. The fourth-order valence-electron chi connectivity index (χ4n) is 4.44. The number of hydrogen-bond donors (Lipinski definition) is 0. The molecule has 0 N–H and O–H groups in total. The van der Waals surface area contributed by atoms with Crippen LogP contribution in [0.15, 0.2) is 16.7 Å². The van der Waals surface area contributed by atoms with Gasteiger partial charge in [0.1, 0.15) is 5.76 Å². The molecule has 1 amide bonds. The molecule has 28 heavy (non-hydrogen) atoms. The van der Waals surface area contributed by atoms with Crippen molar-refractivity contribution in [3.8, 4) is 0 Å². The van der Waals surface area contributed by atoms with Crippen LogP contribution >= 0.6 is 0 Å². The first-order chi connectivity index (χ1) is 13.8. The first kappa shape index (κ1) is 17.5. The van der Waals surface area contributed by atoms with E-state index in [2.05, 4.69) is 31.2 Å². The van der Waals surface area contributed by atoms with E-state index in [-0.39, 0.29) is 5.91 Å². The highest BCUT2D eigenvalue weighted by atomic mass is 16.5. The second kappa shape index (κ2) is 7.41. The first-order valence-corrected chi connectivity index (χ1v) is 10.4. The van der Waals surface area contributed by atoms with Crippen LogP contribution in [0.3, 0.4) is 0 Å². The van der Waals surface area contributed by atoms with Crippen LogP contribution in [0.1, 0.15) is 47.5 Å². The van der Waals surface area contributed by atoms with Crippen molar-refractivity contribution in [3.05, 3.63) is 29.2 Å². The second-order valence-electron chi connectivity index (χ2n) is 7.86. The largest absolute Gasteiger partial charge is 0.360 e. The fraction of sp³-hybridized carbons (Fsp3) is 0.600. The Kier molecular flexibility index (Phi) is 4.62. The third-order valence-corrected chi connectivity index (χ3v) is 6.11. The molecule has 0 bridgehead atoms. The number of rotatable bonds is 3. The molecule has 3 aliphatic rings. The second-order valence-corrected chi connectivity index (χ2v) is 7.86. The van der Waals surface area contributed by atoms with Gasteiger partial charge < -0.3 is 19.2 Å². The molecule has 5 rings (SSSR count). The van der Waals surface area contributed by atoms with Crippen LogP contribution in [0.4, 0.5) is 11.6 Å². The zero-order valence-electron chi connectivity index (χ0n) is 16.1. The lowest BCUT2D eigenvalue weighted by Crippen LogP contribution is -2.49. The van der Waals surface area contributed by atoms with Crippen molar-refractivity contribution in [1.29, 1.82) is 0 Å². The van der Waals surface area contributed by atoms with Gasteiger partial charge in [0.25, 0.3) is 5.91 Å². The Balaban J connectivity index is 1.21. The molecule has 0 spiro atoms. The lowest BCUT2D eigenvalue weighted by molar-refractivity contribution is 0.0735. The number of amides is 1. The summed E-state index contributed by atoms with van der Waals surface area (Å²) in [6.07, 6.45) is 6.48. The quantitative estimate of drug-likeness (QED) is 0.802. The minimum absolute atomic E-state index is 0.00187. The Morgan fingerprint density at radius 1 is 0.821 bits per heavy atom. The highest BCUT2D eigenvalue weighted by molar-refractivity contribution is 5.94. The molecular formula is C20H26N6O2. The summed E-state index contributed by atoms with van der Waals surface area (Å²) in [7, 11) is 0. The van der Waals surface area contributed by atoms with Crippen molar-refractivity contribution in [3.63, 3.8) is 0 Å². The Morgan fingerprint density at radius 3 is 2.14 bits per heavy atom. The number of fused-ring (bicyclic) bond motifs is 1. The summed E-state index contributed by atoms with van der Waals surface area (Å²) in [4.78, 5) is 19.3. The van der Waals surface area contributed by atoms with Crippen molar-refractivity contribution in [2.75, 3.05) is 49.1 Å². The SMILES string of the molecule is O=C(c1noc2c1CCCC2)N1CCN(c2ccc(N3CCCC3)nn2)CC1. The van der Waals surface area contributed by atoms with E-state index in [4.69, 9.17) is 4.52 Å². The zero-order valence-corrected chi connectivity index (χ0v) is 16.1. The van der Waals surface area contributed by atoms with Crippen LogP contribution in [-0.4, -0.2) is 65.4 Å². The van der Waals surface area contributed by atoms with Crippen LogP contribution in [-0.2, 0) is 12.8 Å². The van der Waals surface area contributed by atoms with E-state index in [0.29, 0.717) is 18.8 Å². The van der Waals surface area contributed by atoms with Gasteiger partial charge in [0.05, 0.1) is 0 Å². The van der Waals surface area contributed by atoms with E-state index in [9.17, 15) is 4.79 Å². The van der Waals surface area contributed by atoms with Crippen LogP contribution in [0.25, 0.3) is 0 Å². The van der Waals surface area contributed by atoms with Gasteiger partial charge in [-0.1, -0.05) is 5.16 Å². The van der Waals surface area contributed by atoms with Gasteiger partial charge in [-0.3, -0.25) is 4.79 Å². The summed E-state index contributed by atoms with van der Waals surface area (Å²) in [5.41, 5.74) is 1.56. The summed E-state index contributed by atoms with van der Waals surface area (Å²) in [6.45, 7) is 4.97. The summed E-state index contributed by atoms with van der Waals surface area (Å²) in [5, 5.41) is 12.9. The molecule has 0 radical (unpaired) electrons. The van der Waals surface area contributed by atoms with Gasteiger partial charge >= 0.3 is 0 Å². The smallest absolute Gasteiger partial charge is 0.276 e.